The van der Waals surface area contributed by atoms with E-state index in [0.717, 1.165) is 24.7 Å². The molecule has 1 aliphatic carbocycles. The first-order chi connectivity index (χ1) is 15.8. The molecule has 0 heterocycles. The molecule has 4 rings (SSSR count). The molecule has 0 nitrogen and oxygen atoms in total. The number of unbranched alkanes of at least 4 members (excludes halogenated alkanes) is 2. The molecule has 0 aliphatic heterocycles. The van der Waals surface area contributed by atoms with Gasteiger partial charge in [-0.3, -0.25) is 0 Å². The molecular weight excluding hydrogens is 384 g/mol. The third kappa shape index (κ3) is 5.91. The van der Waals surface area contributed by atoms with E-state index in [1.165, 1.54) is 78.8 Å². The van der Waals surface area contributed by atoms with Crippen molar-refractivity contribution in [3.05, 3.63) is 83.9 Å². The zero-order chi connectivity index (χ0) is 22.2. The number of benzene rings is 3. The quantitative estimate of drug-likeness (QED) is 0.237. The molecule has 3 aromatic rings. The minimum absolute atomic E-state index is 0.768. The molecule has 0 heteroatoms. The SMILES string of the molecule is C/C=C/CCc1ccc2cc(-c3ccc(C4CCC(CCCCC)CC4)cc3)ccc2c1. The molecular formula is C32H40. The maximum atomic E-state index is 2.39. The summed E-state index contributed by atoms with van der Waals surface area (Å²) in [6.07, 6.45) is 17.9. The summed E-state index contributed by atoms with van der Waals surface area (Å²) < 4.78 is 0. The van der Waals surface area contributed by atoms with Crippen LogP contribution >= 0.6 is 0 Å². The summed E-state index contributed by atoms with van der Waals surface area (Å²) in [6, 6.07) is 23.3. The van der Waals surface area contributed by atoms with Gasteiger partial charge in [-0.1, -0.05) is 99.4 Å². The predicted molar refractivity (Wildman–Crippen MR) is 141 cm³/mol. The van der Waals surface area contributed by atoms with Crippen LogP contribution in [0.4, 0.5) is 0 Å². The lowest BCUT2D eigenvalue weighted by molar-refractivity contribution is 0.303. The van der Waals surface area contributed by atoms with E-state index in [1.54, 1.807) is 5.56 Å². The van der Waals surface area contributed by atoms with Crippen LogP contribution in [-0.4, -0.2) is 0 Å². The maximum Gasteiger partial charge on any atom is -0.0162 e. The second-order valence-electron chi connectivity index (χ2n) is 9.84. The molecule has 168 valence electrons. The smallest absolute Gasteiger partial charge is 0.0162 e. The van der Waals surface area contributed by atoms with Gasteiger partial charge < -0.3 is 0 Å². The first-order valence-electron chi connectivity index (χ1n) is 13.0. The van der Waals surface area contributed by atoms with Crippen LogP contribution < -0.4 is 0 Å². The molecule has 0 spiro atoms. The molecule has 0 unspecified atom stereocenters. The second kappa shape index (κ2) is 11.5. The fourth-order valence-corrected chi connectivity index (χ4v) is 5.46. The highest BCUT2D eigenvalue weighted by molar-refractivity contribution is 5.87. The Labute approximate surface area is 195 Å². The summed E-state index contributed by atoms with van der Waals surface area (Å²) in [4.78, 5) is 0. The molecule has 0 bridgehead atoms. The molecule has 32 heavy (non-hydrogen) atoms. The van der Waals surface area contributed by atoms with E-state index < -0.39 is 0 Å². The molecule has 1 aliphatic rings. The second-order valence-corrected chi connectivity index (χ2v) is 9.84. The van der Waals surface area contributed by atoms with Gasteiger partial charge in [-0.05, 0) is 96.4 Å². The lowest BCUT2D eigenvalue weighted by atomic mass is 9.77. The van der Waals surface area contributed by atoms with E-state index in [4.69, 9.17) is 0 Å². The van der Waals surface area contributed by atoms with Crippen molar-refractivity contribution in [1.29, 1.82) is 0 Å². The van der Waals surface area contributed by atoms with Gasteiger partial charge in [-0.2, -0.15) is 0 Å². The normalized spacial score (nSPS) is 19.1. The van der Waals surface area contributed by atoms with Crippen LogP contribution in [0.3, 0.4) is 0 Å². The highest BCUT2D eigenvalue weighted by Crippen LogP contribution is 2.38. The number of aryl methyl sites for hydroxylation is 1. The summed E-state index contributed by atoms with van der Waals surface area (Å²) in [5.74, 6) is 1.75. The van der Waals surface area contributed by atoms with E-state index >= 15 is 0 Å². The van der Waals surface area contributed by atoms with Gasteiger partial charge in [-0.25, -0.2) is 0 Å². The van der Waals surface area contributed by atoms with E-state index in [2.05, 4.69) is 86.7 Å². The lowest BCUT2D eigenvalue weighted by Gasteiger charge is -2.29. The van der Waals surface area contributed by atoms with Gasteiger partial charge >= 0.3 is 0 Å². The third-order valence-electron chi connectivity index (χ3n) is 7.52. The van der Waals surface area contributed by atoms with Crippen LogP contribution in [0.1, 0.15) is 88.7 Å². The Balaban J connectivity index is 1.38. The van der Waals surface area contributed by atoms with Gasteiger partial charge in [0.25, 0.3) is 0 Å². The Morgan fingerprint density at radius 3 is 2.25 bits per heavy atom. The van der Waals surface area contributed by atoms with Crippen molar-refractivity contribution in [1.82, 2.24) is 0 Å². The number of rotatable bonds is 9. The average Bonchev–Trinajstić information content (AvgIpc) is 2.85. The van der Waals surface area contributed by atoms with Gasteiger partial charge in [-0.15, -0.1) is 0 Å². The van der Waals surface area contributed by atoms with Crippen molar-refractivity contribution >= 4 is 10.8 Å². The summed E-state index contributed by atoms with van der Waals surface area (Å²) in [6.45, 7) is 4.40. The van der Waals surface area contributed by atoms with E-state index in [1.807, 2.05) is 0 Å². The minimum Gasteiger partial charge on any atom is -0.0917 e. The van der Waals surface area contributed by atoms with Crippen LogP contribution in [0.2, 0.25) is 0 Å². The molecule has 0 amide bonds. The van der Waals surface area contributed by atoms with Crippen molar-refractivity contribution in [3.8, 4) is 11.1 Å². The van der Waals surface area contributed by atoms with E-state index in [-0.39, 0.29) is 0 Å². The molecule has 1 saturated carbocycles. The molecule has 0 saturated heterocycles. The summed E-state index contributed by atoms with van der Waals surface area (Å²) in [7, 11) is 0. The van der Waals surface area contributed by atoms with Crippen LogP contribution in [0.15, 0.2) is 72.8 Å². The minimum atomic E-state index is 0.768. The van der Waals surface area contributed by atoms with E-state index in [0.29, 0.717) is 0 Å². The van der Waals surface area contributed by atoms with Gasteiger partial charge in [0.2, 0.25) is 0 Å². The fraction of sp³-hybridized carbons (Fsp3) is 0.438. The zero-order valence-corrected chi connectivity index (χ0v) is 20.2. The van der Waals surface area contributed by atoms with Crippen LogP contribution in [0.5, 0.6) is 0 Å². The van der Waals surface area contributed by atoms with Crippen molar-refractivity contribution in [3.63, 3.8) is 0 Å². The molecule has 0 atom stereocenters. The van der Waals surface area contributed by atoms with Gasteiger partial charge in [0.1, 0.15) is 0 Å². The fourth-order valence-electron chi connectivity index (χ4n) is 5.46. The summed E-state index contributed by atoms with van der Waals surface area (Å²) in [5.41, 5.74) is 5.63. The number of fused-ring (bicyclic) bond motifs is 1. The first kappa shape index (κ1) is 22.8. The number of hydrogen-bond donors (Lipinski definition) is 0. The van der Waals surface area contributed by atoms with Crippen molar-refractivity contribution in [2.45, 2.75) is 84.0 Å². The summed E-state index contributed by atoms with van der Waals surface area (Å²) >= 11 is 0. The monoisotopic (exact) mass is 424 g/mol. The van der Waals surface area contributed by atoms with Gasteiger partial charge in [0.15, 0.2) is 0 Å². The average molecular weight is 425 g/mol. The summed E-state index contributed by atoms with van der Waals surface area (Å²) in [5, 5.41) is 2.68. The Kier molecular flexibility index (Phi) is 8.21. The highest BCUT2D eigenvalue weighted by Gasteiger charge is 2.22. The highest BCUT2D eigenvalue weighted by atomic mass is 14.3. The van der Waals surface area contributed by atoms with Gasteiger partial charge in [0.05, 0.1) is 0 Å². The molecule has 3 aromatic carbocycles. The lowest BCUT2D eigenvalue weighted by Crippen LogP contribution is -2.13. The number of hydrogen-bond acceptors (Lipinski definition) is 0. The van der Waals surface area contributed by atoms with Crippen molar-refractivity contribution in [2.75, 3.05) is 0 Å². The predicted octanol–water partition coefficient (Wildman–Crippen LogP) is 9.87. The van der Waals surface area contributed by atoms with Gasteiger partial charge in [0, 0.05) is 0 Å². The largest absolute Gasteiger partial charge is 0.0917 e. The van der Waals surface area contributed by atoms with Crippen LogP contribution in [0, 0.1) is 5.92 Å². The Morgan fingerprint density at radius 2 is 1.50 bits per heavy atom. The Morgan fingerprint density at radius 1 is 0.781 bits per heavy atom. The van der Waals surface area contributed by atoms with Crippen LogP contribution in [0.25, 0.3) is 21.9 Å². The van der Waals surface area contributed by atoms with E-state index in [9.17, 15) is 0 Å². The topological polar surface area (TPSA) is 0 Å². The Bertz CT molecular complexity index is 1000. The van der Waals surface area contributed by atoms with Crippen molar-refractivity contribution < 1.29 is 0 Å². The number of allylic oxidation sites excluding steroid dienone is 2. The standard InChI is InChI=1S/C32H40/c1-3-5-7-9-25-11-14-27(15-12-25)28-17-19-29(20-18-28)31-22-21-30-23-26(10-8-6-4-2)13-16-32(30)24-31/h4,6,13,16-25,27H,3,5,7-12,14-15H2,1-2H3/b6-4+. The molecule has 1 fully saturated rings. The van der Waals surface area contributed by atoms with Crippen LogP contribution in [-0.2, 0) is 6.42 Å². The maximum absolute atomic E-state index is 2.39. The molecule has 0 aromatic heterocycles. The molecule has 0 radical (unpaired) electrons. The Hall–Kier alpha value is -2.34. The third-order valence-corrected chi connectivity index (χ3v) is 7.52. The van der Waals surface area contributed by atoms with Crippen molar-refractivity contribution in [2.24, 2.45) is 5.92 Å². The molecule has 0 N–H and O–H groups in total. The first-order valence-corrected chi connectivity index (χ1v) is 13.0. The zero-order valence-electron chi connectivity index (χ0n) is 20.2.